The molecule has 0 rings (SSSR count). The number of amides is 1. The number of alkyl halides is 2. The highest BCUT2D eigenvalue weighted by Crippen LogP contribution is 2.20. The lowest BCUT2D eigenvalue weighted by Crippen LogP contribution is -2.37. The third-order valence-corrected chi connectivity index (χ3v) is 2.11. The van der Waals surface area contributed by atoms with Gasteiger partial charge in [-0.15, -0.1) is 0 Å². The smallest absolute Gasteiger partial charge is 0.407 e. The fourth-order valence-corrected chi connectivity index (χ4v) is 0.703. The van der Waals surface area contributed by atoms with Crippen molar-refractivity contribution in [1.82, 2.24) is 5.32 Å². The van der Waals surface area contributed by atoms with Gasteiger partial charge in [0.05, 0.1) is 0 Å². The Morgan fingerprint density at radius 2 is 2.07 bits per heavy atom. The Labute approximate surface area is 85.3 Å². The van der Waals surface area contributed by atoms with E-state index in [-0.39, 0.29) is 6.54 Å². The molecule has 0 bridgehead atoms. The molecule has 0 atom stereocenters. The van der Waals surface area contributed by atoms with Crippen LogP contribution in [0.3, 0.4) is 0 Å². The van der Waals surface area contributed by atoms with Crippen LogP contribution >= 0.6 is 0 Å². The fourth-order valence-electron chi connectivity index (χ4n) is 0.500. The zero-order valence-electron chi connectivity index (χ0n) is 7.83. The van der Waals surface area contributed by atoms with Crippen LogP contribution in [0.15, 0.2) is 0 Å². The summed E-state index contributed by atoms with van der Waals surface area (Å²) < 4.78 is 58.6. The highest BCUT2D eigenvalue weighted by molar-refractivity contribution is 7.86. The monoisotopic (exact) mass is 246 g/mol. The Kier molecular flexibility index (Phi) is 4.88. The van der Waals surface area contributed by atoms with Crippen molar-refractivity contribution in [2.75, 3.05) is 13.2 Å². The summed E-state index contributed by atoms with van der Waals surface area (Å²) in [6.45, 7) is 0.139. The first-order valence-corrected chi connectivity index (χ1v) is 5.35. The predicted octanol–water partition coefficient (Wildman–Crippen LogP) is 0.261. The van der Waals surface area contributed by atoms with Gasteiger partial charge in [-0.1, -0.05) is 6.92 Å². The van der Waals surface area contributed by atoms with E-state index in [1.807, 2.05) is 0 Å². The topological polar surface area (TPSA) is 95.5 Å². The van der Waals surface area contributed by atoms with Crippen molar-refractivity contribution in [2.45, 2.75) is 18.6 Å². The Hall–Kier alpha value is -0.960. The highest BCUT2D eigenvalue weighted by Gasteiger charge is 2.39. The normalized spacial score (nSPS) is 12.3. The van der Waals surface area contributed by atoms with Gasteiger partial charge in [-0.3, -0.25) is 0 Å². The molecule has 0 saturated heterocycles. The van der Waals surface area contributed by atoms with Gasteiger partial charge in [0.2, 0.25) is 0 Å². The van der Waals surface area contributed by atoms with E-state index in [4.69, 9.17) is 0 Å². The zero-order valence-corrected chi connectivity index (χ0v) is 8.64. The van der Waals surface area contributed by atoms with Gasteiger partial charge in [-0.2, -0.15) is 8.78 Å². The molecule has 1 amide bonds. The van der Waals surface area contributed by atoms with Gasteiger partial charge < -0.3 is 14.6 Å². The summed E-state index contributed by atoms with van der Waals surface area (Å²) in [5, 5.41) is -2.54. The van der Waals surface area contributed by atoms with Crippen molar-refractivity contribution in [3.05, 3.63) is 0 Å². The first kappa shape index (κ1) is 14.0. The molecule has 0 aliphatic carbocycles. The molecule has 0 aromatic carbocycles. The summed E-state index contributed by atoms with van der Waals surface area (Å²) in [6, 6.07) is 0. The van der Waals surface area contributed by atoms with E-state index in [1.165, 1.54) is 0 Å². The van der Waals surface area contributed by atoms with E-state index < -0.39 is 28.1 Å². The van der Waals surface area contributed by atoms with Crippen LogP contribution in [0.25, 0.3) is 0 Å². The second-order valence-corrected chi connectivity index (χ2v) is 4.10. The summed E-state index contributed by atoms with van der Waals surface area (Å²) >= 11 is 0. The summed E-state index contributed by atoms with van der Waals surface area (Å²) in [4.78, 5) is 10.6. The van der Waals surface area contributed by atoms with E-state index in [0.717, 1.165) is 0 Å². The lowest BCUT2D eigenvalue weighted by atomic mass is 10.5. The molecule has 0 heterocycles. The molecule has 6 nitrogen and oxygen atoms in total. The molecule has 0 aromatic rings. The van der Waals surface area contributed by atoms with Crippen LogP contribution in [-0.4, -0.2) is 37.5 Å². The average molecular weight is 246 g/mol. The summed E-state index contributed by atoms with van der Waals surface area (Å²) in [7, 11) is -5.81. The van der Waals surface area contributed by atoms with Crippen LogP contribution in [0, 0.1) is 0 Å². The fraction of sp³-hybridized carbons (Fsp3) is 0.833. The largest absolute Gasteiger partial charge is 0.743 e. The molecule has 90 valence electrons. The van der Waals surface area contributed by atoms with Crippen LogP contribution < -0.4 is 5.32 Å². The minimum absolute atomic E-state index is 0.203. The van der Waals surface area contributed by atoms with Gasteiger partial charge in [0.25, 0.3) is 0 Å². The van der Waals surface area contributed by atoms with Crippen LogP contribution in [-0.2, 0) is 14.9 Å². The second kappa shape index (κ2) is 5.21. The molecule has 15 heavy (non-hydrogen) atoms. The number of hydrogen-bond acceptors (Lipinski definition) is 5. The minimum Gasteiger partial charge on any atom is -0.743 e. The maximum absolute atomic E-state index is 12.4. The van der Waals surface area contributed by atoms with Crippen molar-refractivity contribution in [3.63, 3.8) is 0 Å². The quantitative estimate of drug-likeness (QED) is 0.702. The van der Waals surface area contributed by atoms with Crippen molar-refractivity contribution in [1.29, 1.82) is 0 Å². The van der Waals surface area contributed by atoms with E-state index in [1.54, 1.807) is 6.92 Å². The Morgan fingerprint density at radius 3 is 2.47 bits per heavy atom. The lowest BCUT2D eigenvalue weighted by Gasteiger charge is -2.19. The van der Waals surface area contributed by atoms with Gasteiger partial charge in [-0.05, 0) is 6.42 Å². The number of carbonyl (C=O) groups is 1. The molecule has 9 heteroatoms. The molecule has 0 fully saturated rings. The first-order chi connectivity index (χ1) is 6.70. The molecule has 0 radical (unpaired) electrons. The molecular weight excluding hydrogens is 236 g/mol. The molecule has 0 spiro atoms. The van der Waals surface area contributed by atoms with Gasteiger partial charge >= 0.3 is 11.3 Å². The first-order valence-electron chi connectivity index (χ1n) is 3.94. The van der Waals surface area contributed by atoms with E-state index in [9.17, 15) is 26.5 Å². The Bertz CT molecular complexity index is 315. The van der Waals surface area contributed by atoms with Crippen LogP contribution in [0.4, 0.5) is 13.6 Å². The Balaban J connectivity index is 4.11. The van der Waals surface area contributed by atoms with E-state index in [2.05, 4.69) is 10.1 Å². The standard InChI is InChI=1S/C6H11F2NO5S/c1-2-3-9-5(10)14-4-6(7,8)15(11,12)13/h2-4H2,1H3,(H,9,10)(H,11,12,13)/p-1. The molecule has 0 aliphatic rings. The maximum atomic E-state index is 12.4. The van der Waals surface area contributed by atoms with Gasteiger partial charge in [-0.25, -0.2) is 13.2 Å². The van der Waals surface area contributed by atoms with Crippen LogP contribution in [0.2, 0.25) is 0 Å². The molecule has 0 unspecified atom stereocenters. The summed E-state index contributed by atoms with van der Waals surface area (Å²) in [5.74, 6) is 0. The molecular formula is C6H10F2NO5S-. The molecule has 1 N–H and O–H groups in total. The number of hydrogen-bond donors (Lipinski definition) is 1. The van der Waals surface area contributed by atoms with Gasteiger partial charge in [0.15, 0.2) is 16.7 Å². The van der Waals surface area contributed by atoms with Crippen LogP contribution in [0.5, 0.6) is 0 Å². The van der Waals surface area contributed by atoms with Gasteiger partial charge in [0, 0.05) is 6.54 Å². The zero-order chi connectivity index (χ0) is 12.1. The average Bonchev–Trinajstić information content (AvgIpc) is 2.09. The number of nitrogens with one attached hydrogen (secondary N) is 1. The van der Waals surface area contributed by atoms with E-state index in [0.29, 0.717) is 6.42 Å². The molecule has 0 aliphatic heterocycles. The molecule has 0 saturated carbocycles. The van der Waals surface area contributed by atoms with Crippen molar-refractivity contribution in [2.24, 2.45) is 0 Å². The SMILES string of the molecule is CCCNC(=O)OCC(F)(F)S(=O)(=O)[O-]. The highest BCUT2D eigenvalue weighted by atomic mass is 32.2. The summed E-state index contributed by atoms with van der Waals surface area (Å²) in [5.41, 5.74) is 0. The maximum Gasteiger partial charge on any atom is 0.407 e. The minimum atomic E-state index is -5.81. The van der Waals surface area contributed by atoms with E-state index >= 15 is 0 Å². The second-order valence-electron chi connectivity index (χ2n) is 2.59. The number of ether oxygens (including phenoxy) is 1. The third-order valence-electron chi connectivity index (χ3n) is 1.26. The van der Waals surface area contributed by atoms with Crippen molar-refractivity contribution in [3.8, 4) is 0 Å². The molecule has 0 aromatic heterocycles. The third kappa shape index (κ3) is 4.88. The number of halogens is 2. The van der Waals surface area contributed by atoms with Crippen LogP contribution in [0.1, 0.15) is 13.3 Å². The van der Waals surface area contributed by atoms with Crippen molar-refractivity contribution >= 4 is 16.2 Å². The number of rotatable bonds is 5. The van der Waals surface area contributed by atoms with Crippen molar-refractivity contribution < 1.29 is 31.3 Å². The number of alkyl carbamates (subject to hydrolysis) is 1. The lowest BCUT2D eigenvalue weighted by molar-refractivity contribution is 0.00675. The Morgan fingerprint density at radius 1 is 1.53 bits per heavy atom. The van der Waals surface area contributed by atoms with Gasteiger partial charge in [0.1, 0.15) is 0 Å². The predicted molar refractivity (Wildman–Crippen MR) is 44.3 cm³/mol. The number of carbonyl (C=O) groups excluding carboxylic acids is 1. The summed E-state index contributed by atoms with van der Waals surface area (Å²) in [6.07, 6.45) is -0.633.